The van der Waals surface area contributed by atoms with Gasteiger partial charge in [0.15, 0.2) is 0 Å². The van der Waals surface area contributed by atoms with Crippen molar-refractivity contribution in [3.8, 4) is 0 Å². The summed E-state index contributed by atoms with van der Waals surface area (Å²) in [5.41, 5.74) is 1.11. The highest BCUT2D eigenvalue weighted by molar-refractivity contribution is 6.33. The van der Waals surface area contributed by atoms with Crippen LogP contribution in [-0.4, -0.2) is 15.7 Å². The summed E-state index contributed by atoms with van der Waals surface area (Å²) in [4.78, 5) is 24.3. The average molecular weight is 318 g/mol. The van der Waals surface area contributed by atoms with Crippen molar-refractivity contribution in [1.29, 1.82) is 0 Å². The molecule has 1 fully saturated rings. The molecule has 1 aliphatic rings. The molecule has 22 heavy (non-hydrogen) atoms. The molecule has 2 aromatic rings. The highest BCUT2D eigenvalue weighted by Crippen LogP contribution is 2.38. The number of amides is 1. The fourth-order valence-corrected chi connectivity index (χ4v) is 2.41. The number of carbonyl (C=O) groups excluding carboxylic acids is 1. The molecule has 0 saturated heterocycles. The summed E-state index contributed by atoms with van der Waals surface area (Å²) in [5, 5.41) is 7.51. The second-order valence-corrected chi connectivity index (χ2v) is 5.87. The lowest BCUT2D eigenvalue weighted by Crippen LogP contribution is -2.33. The zero-order valence-corrected chi connectivity index (χ0v) is 12.9. The maximum atomic E-state index is 12.3. The average Bonchev–Trinajstić information content (AvgIpc) is 3.34. The van der Waals surface area contributed by atoms with E-state index in [9.17, 15) is 9.59 Å². The Morgan fingerprint density at radius 3 is 2.73 bits per heavy atom. The van der Waals surface area contributed by atoms with E-state index in [0.29, 0.717) is 16.6 Å². The highest BCUT2D eigenvalue weighted by Gasteiger charge is 2.27. The first-order chi connectivity index (χ1) is 10.6. The van der Waals surface area contributed by atoms with Crippen molar-refractivity contribution in [3.63, 3.8) is 0 Å². The van der Waals surface area contributed by atoms with Crippen LogP contribution in [0.4, 0.5) is 5.69 Å². The number of rotatable bonds is 4. The molecule has 1 saturated carbocycles. The molecule has 5 nitrogen and oxygen atoms in total. The molecular formula is C16H16ClN3O2. The Balaban J connectivity index is 1.82. The Bertz CT molecular complexity index is 768. The minimum absolute atomic E-state index is 0.286. The molecule has 1 aromatic heterocycles. The van der Waals surface area contributed by atoms with E-state index in [4.69, 9.17) is 11.6 Å². The highest BCUT2D eigenvalue weighted by atomic mass is 35.5. The monoisotopic (exact) mass is 317 g/mol. The van der Waals surface area contributed by atoms with Gasteiger partial charge in [0.2, 0.25) is 5.91 Å². The number of nitrogens with one attached hydrogen (secondary N) is 1. The lowest BCUT2D eigenvalue weighted by atomic mass is 10.2. The molecule has 0 aliphatic heterocycles. The van der Waals surface area contributed by atoms with Crippen molar-refractivity contribution in [2.24, 2.45) is 0 Å². The maximum absolute atomic E-state index is 12.3. The van der Waals surface area contributed by atoms with Gasteiger partial charge in [-0.3, -0.25) is 9.59 Å². The van der Waals surface area contributed by atoms with Gasteiger partial charge in [-0.1, -0.05) is 23.7 Å². The van der Waals surface area contributed by atoms with Crippen LogP contribution in [0, 0.1) is 0 Å². The van der Waals surface area contributed by atoms with E-state index in [1.54, 1.807) is 37.3 Å². The molecule has 1 heterocycles. The third-order valence-electron chi connectivity index (χ3n) is 3.72. The third kappa shape index (κ3) is 3.04. The molecule has 1 amide bonds. The summed E-state index contributed by atoms with van der Waals surface area (Å²) in [7, 11) is 0. The number of halogens is 1. The number of aromatic nitrogens is 2. The van der Waals surface area contributed by atoms with Crippen LogP contribution in [0.2, 0.25) is 5.02 Å². The number of carbonyl (C=O) groups is 1. The van der Waals surface area contributed by atoms with Gasteiger partial charge >= 0.3 is 0 Å². The Morgan fingerprint density at radius 1 is 1.32 bits per heavy atom. The molecule has 1 aromatic carbocycles. The van der Waals surface area contributed by atoms with E-state index >= 15 is 0 Å². The molecule has 0 unspecified atom stereocenters. The van der Waals surface area contributed by atoms with Gasteiger partial charge in [-0.05, 0) is 38.0 Å². The largest absolute Gasteiger partial charge is 0.323 e. The quantitative estimate of drug-likeness (QED) is 0.943. The summed E-state index contributed by atoms with van der Waals surface area (Å²) in [6.45, 7) is 1.65. The van der Waals surface area contributed by atoms with E-state index in [1.807, 2.05) is 0 Å². The topological polar surface area (TPSA) is 64.0 Å². The second kappa shape index (κ2) is 5.93. The summed E-state index contributed by atoms with van der Waals surface area (Å²) in [5.74, 6) is 0.0984. The number of nitrogens with zero attached hydrogens (tertiary/aromatic N) is 2. The number of para-hydroxylation sites is 1. The van der Waals surface area contributed by atoms with Crippen molar-refractivity contribution in [3.05, 3.63) is 57.5 Å². The van der Waals surface area contributed by atoms with Crippen molar-refractivity contribution in [2.75, 3.05) is 5.32 Å². The van der Waals surface area contributed by atoms with E-state index in [0.717, 1.165) is 18.5 Å². The summed E-state index contributed by atoms with van der Waals surface area (Å²) < 4.78 is 1.24. The fraction of sp³-hybridized carbons (Fsp3) is 0.312. The summed E-state index contributed by atoms with van der Waals surface area (Å²) >= 11 is 6.03. The van der Waals surface area contributed by atoms with Crippen LogP contribution in [0.1, 0.15) is 37.4 Å². The fourth-order valence-electron chi connectivity index (χ4n) is 2.23. The van der Waals surface area contributed by atoms with Crippen LogP contribution < -0.4 is 10.9 Å². The minimum atomic E-state index is -0.706. The second-order valence-electron chi connectivity index (χ2n) is 5.46. The predicted molar refractivity (Wildman–Crippen MR) is 85.3 cm³/mol. The van der Waals surface area contributed by atoms with E-state index in [-0.39, 0.29) is 11.5 Å². The van der Waals surface area contributed by atoms with Crippen molar-refractivity contribution in [2.45, 2.75) is 31.7 Å². The van der Waals surface area contributed by atoms with Gasteiger partial charge in [0.25, 0.3) is 5.56 Å². The van der Waals surface area contributed by atoms with Gasteiger partial charge in [0, 0.05) is 12.0 Å². The first-order valence-corrected chi connectivity index (χ1v) is 7.59. The zero-order chi connectivity index (χ0) is 15.7. The summed E-state index contributed by atoms with van der Waals surface area (Å²) in [6, 6.07) is 9.48. The Hall–Kier alpha value is -2.14. The third-order valence-corrected chi connectivity index (χ3v) is 4.05. The Kier molecular flexibility index (Phi) is 3.98. The summed E-state index contributed by atoms with van der Waals surface area (Å²) in [6.07, 6.45) is 2.18. The van der Waals surface area contributed by atoms with Gasteiger partial charge in [-0.25, -0.2) is 4.68 Å². The number of hydrogen-bond acceptors (Lipinski definition) is 3. The minimum Gasteiger partial charge on any atom is -0.323 e. The van der Waals surface area contributed by atoms with Crippen molar-refractivity contribution in [1.82, 2.24) is 9.78 Å². The standard InChI is InChI=1S/C16H16ClN3O2/c1-10(16(22)18-14-5-3-2-4-12(14)17)20-15(21)9-8-13(19-20)11-6-7-11/h2-5,8-11H,6-7H2,1H3,(H,18,22)/t10-/m0/s1. The molecular weight excluding hydrogens is 302 g/mol. The van der Waals surface area contributed by atoms with E-state index in [1.165, 1.54) is 10.7 Å². The van der Waals surface area contributed by atoms with Crippen LogP contribution in [0.25, 0.3) is 0 Å². The molecule has 1 N–H and O–H groups in total. The van der Waals surface area contributed by atoms with Crippen LogP contribution in [0.3, 0.4) is 0 Å². The van der Waals surface area contributed by atoms with Gasteiger partial charge in [-0.15, -0.1) is 0 Å². The Labute approximate surface area is 132 Å². The first-order valence-electron chi connectivity index (χ1n) is 7.21. The molecule has 1 atom stereocenters. The maximum Gasteiger partial charge on any atom is 0.267 e. The van der Waals surface area contributed by atoms with Gasteiger partial charge in [0.1, 0.15) is 6.04 Å². The number of benzene rings is 1. The number of anilines is 1. The SMILES string of the molecule is C[C@@H](C(=O)Nc1ccccc1Cl)n1nc(C2CC2)ccc1=O. The molecule has 3 rings (SSSR count). The molecule has 0 spiro atoms. The zero-order valence-electron chi connectivity index (χ0n) is 12.1. The van der Waals surface area contributed by atoms with Gasteiger partial charge < -0.3 is 5.32 Å². The van der Waals surface area contributed by atoms with Crippen LogP contribution in [0.15, 0.2) is 41.2 Å². The van der Waals surface area contributed by atoms with Crippen LogP contribution in [0.5, 0.6) is 0 Å². The molecule has 0 bridgehead atoms. The smallest absolute Gasteiger partial charge is 0.267 e. The molecule has 114 valence electrons. The van der Waals surface area contributed by atoms with Gasteiger partial charge in [-0.2, -0.15) is 5.10 Å². The van der Waals surface area contributed by atoms with Crippen molar-refractivity contribution >= 4 is 23.2 Å². The lowest BCUT2D eigenvalue weighted by Gasteiger charge is -2.15. The first kappa shape index (κ1) is 14.8. The Morgan fingerprint density at radius 2 is 2.05 bits per heavy atom. The van der Waals surface area contributed by atoms with Gasteiger partial charge in [0.05, 0.1) is 16.4 Å². The lowest BCUT2D eigenvalue weighted by molar-refractivity contribution is -0.119. The predicted octanol–water partition coefficient (Wildman–Crippen LogP) is 2.97. The van der Waals surface area contributed by atoms with E-state index < -0.39 is 6.04 Å². The number of hydrogen-bond donors (Lipinski definition) is 1. The molecule has 1 aliphatic carbocycles. The molecule has 6 heteroatoms. The van der Waals surface area contributed by atoms with E-state index in [2.05, 4.69) is 10.4 Å². The normalized spacial score (nSPS) is 15.4. The van der Waals surface area contributed by atoms with Crippen LogP contribution in [-0.2, 0) is 4.79 Å². The molecule has 0 radical (unpaired) electrons. The van der Waals surface area contributed by atoms with Crippen molar-refractivity contribution < 1.29 is 4.79 Å². The van der Waals surface area contributed by atoms with Crippen LogP contribution >= 0.6 is 11.6 Å².